The maximum absolute atomic E-state index is 12.2. The molecular formula is C19H22BrNO2. The lowest BCUT2D eigenvalue weighted by Gasteiger charge is -2.14. The number of benzene rings is 2. The lowest BCUT2D eigenvalue weighted by atomic mass is 10.1. The fourth-order valence-electron chi connectivity index (χ4n) is 2.52. The van der Waals surface area contributed by atoms with E-state index in [0.717, 1.165) is 38.8 Å². The van der Waals surface area contributed by atoms with Gasteiger partial charge < -0.3 is 10.1 Å². The number of hydrogen-bond donors (Lipinski definition) is 1. The minimum absolute atomic E-state index is 0.00198. The van der Waals surface area contributed by atoms with Crippen LogP contribution in [0.2, 0.25) is 0 Å². The third kappa shape index (κ3) is 4.35. The SMILES string of the molecule is CCc1cccc(C)c1NC(=O)COc1cc(C)c(Br)c(C)c1. The van der Waals surface area contributed by atoms with Crippen molar-refractivity contribution in [1.29, 1.82) is 0 Å². The van der Waals surface area contributed by atoms with Crippen LogP contribution in [-0.4, -0.2) is 12.5 Å². The van der Waals surface area contributed by atoms with Crippen molar-refractivity contribution in [1.82, 2.24) is 0 Å². The fraction of sp³-hybridized carbons (Fsp3) is 0.316. The molecule has 4 heteroatoms. The van der Waals surface area contributed by atoms with E-state index in [-0.39, 0.29) is 12.5 Å². The molecule has 2 rings (SSSR count). The normalized spacial score (nSPS) is 10.5. The molecule has 0 unspecified atom stereocenters. The molecule has 0 saturated heterocycles. The third-order valence-electron chi connectivity index (χ3n) is 3.78. The highest BCUT2D eigenvalue weighted by Gasteiger charge is 2.10. The minimum atomic E-state index is -0.146. The summed E-state index contributed by atoms with van der Waals surface area (Å²) in [6.45, 7) is 8.08. The van der Waals surface area contributed by atoms with Gasteiger partial charge in [-0.25, -0.2) is 0 Å². The molecule has 122 valence electrons. The van der Waals surface area contributed by atoms with Crippen LogP contribution in [0.15, 0.2) is 34.8 Å². The van der Waals surface area contributed by atoms with Gasteiger partial charge in [-0.1, -0.05) is 41.1 Å². The Hall–Kier alpha value is -1.81. The Balaban J connectivity index is 2.04. The number of ether oxygens (including phenoxy) is 1. The highest BCUT2D eigenvalue weighted by molar-refractivity contribution is 9.10. The first-order valence-electron chi connectivity index (χ1n) is 7.70. The molecule has 0 radical (unpaired) electrons. The van der Waals surface area contributed by atoms with Crippen molar-refractivity contribution in [3.05, 3.63) is 57.1 Å². The molecule has 0 bridgehead atoms. The Morgan fingerprint density at radius 3 is 2.39 bits per heavy atom. The highest BCUT2D eigenvalue weighted by Crippen LogP contribution is 2.26. The van der Waals surface area contributed by atoms with E-state index in [1.807, 2.05) is 51.1 Å². The summed E-state index contributed by atoms with van der Waals surface area (Å²) in [4.78, 5) is 12.2. The number of carbonyl (C=O) groups is 1. The van der Waals surface area contributed by atoms with Crippen LogP contribution in [0.4, 0.5) is 5.69 Å². The van der Waals surface area contributed by atoms with Gasteiger partial charge in [-0.2, -0.15) is 0 Å². The van der Waals surface area contributed by atoms with Crippen molar-refractivity contribution in [2.45, 2.75) is 34.1 Å². The van der Waals surface area contributed by atoms with Gasteiger partial charge in [0.15, 0.2) is 6.61 Å². The van der Waals surface area contributed by atoms with Crippen LogP contribution < -0.4 is 10.1 Å². The smallest absolute Gasteiger partial charge is 0.262 e. The molecule has 2 aromatic rings. The van der Waals surface area contributed by atoms with Crippen LogP contribution in [0.25, 0.3) is 0 Å². The molecule has 3 nitrogen and oxygen atoms in total. The van der Waals surface area contributed by atoms with Crippen molar-refractivity contribution in [2.24, 2.45) is 0 Å². The number of halogens is 1. The molecule has 0 aliphatic carbocycles. The number of para-hydroxylation sites is 1. The average molecular weight is 376 g/mol. The second-order valence-corrected chi connectivity index (χ2v) is 6.46. The Morgan fingerprint density at radius 2 is 1.78 bits per heavy atom. The maximum atomic E-state index is 12.2. The van der Waals surface area contributed by atoms with Crippen LogP contribution in [0.3, 0.4) is 0 Å². The summed E-state index contributed by atoms with van der Waals surface area (Å²) in [5.41, 5.74) is 5.27. The Morgan fingerprint density at radius 1 is 1.13 bits per heavy atom. The van der Waals surface area contributed by atoms with Crippen molar-refractivity contribution in [3.8, 4) is 5.75 Å². The predicted octanol–water partition coefficient (Wildman–Crippen LogP) is 4.95. The van der Waals surface area contributed by atoms with Gasteiger partial charge in [0, 0.05) is 10.2 Å². The number of rotatable bonds is 5. The fourth-order valence-corrected chi connectivity index (χ4v) is 2.74. The molecular weight excluding hydrogens is 354 g/mol. The van der Waals surface area contributed by atoms with E-state index in [2.05, 4.69) is 28.2 Å². The Labute approximate surface area is 146 Å². The lowest BCUT2D eigenvalue weighted by molar-refractivity contribution is -0.118. The summed E-state index contributed by atoms with van der Waals surface area (Å²) in [6, 6.07) is 9.89. The number of anilines is 1. The summed E-state index contributed by atoms with van der Waals surface area (Å²) in [5.74, 6) is 0.561. The molecule has 0 spiro atoms. The largest absolute Gasteiger partial charge is 0.484 e. The first kappa shape index (κ1) is 17.5. The van der Waals surface area contributed by atoms with Gasteiger partial charge in [-0.05, 0) is 61.6 Å². The van der Waals surface area contributed by atoms with Gasteiger partial charge in [0.05, 0.1) is 0 Å². The summed E-state index contributed by atoms with van der Waals surface area (Å²) >= 11 is 3.53. The zero-order valence-corrected chi connectivity index (χ0v) is 15.6. The standard InChI is InChI=1S/C19H22BrNO2/c1-5-15-8-6-7-12(2)19(15)21-17(22)11-23-16-9-13(3)18(20)14(4)10-16/h6-10H,5,11H2,1-4H3,(H,21,22). The van der Waals surface area contributed by atoms with Gasteiger partial charge in [0.1, 0.15) is 5.75 Å². The molecule has 0 aliphatic rings. The van der Waals surface area contributed by atoms with Crippen LogP contribution >= 0.6 is 15.9 Å². The molecule has 23 heavy (non-hydrogen) atoms. The molecule has 2 aromatic carbocycles. The summed E-state index contributed by atoms with van der Waals surface area (Å²) in [7, 11) is 0. The molecule has 1 N–H and O–H groups in total. The molecule has 0 fully saturated rings. The van der Waals surface area contributed by atoms with Crippen molar-refractivity contribution >= 4 is 27.5 Å². The summed E-state index contributed by atoms with van der Waals surface area (Å²) in [6.07, 6.45) is 0.878. The maximum Gasteiger partial charge on any atom is 0.262 e. The van der Waals surface area contributed by atoms with Crippen LogP contribution in [0.5, 0.6) is 5.75 Å². The zero-order valence-electron chi connectivity index (χ0n) is 14.0. The number of hydrogen-bond acceptors (Lipinski definition) is 2. The van der Waals surface area contributed by atoms with E-state index in [1.165, 1.54) is 0 Å². The first-order valence-corrected chi connectivity index (χ1v) is 8.49. The van der Waals surface area contributed by atoms with E-state index in [9.17, 15) is 4.79 Å². The molecule has 0 heterocycles. The molecule has 0 aliphatic heterocycles. The Kier molecular flexibility index (Phi) is 5.83. The Bertz CT molecular complexity index is 702. The monoisotopic (exact) mass is 375 g/mol. The molecule has 0 atom stereocenters. The van der Waals surface area contributed by atoms with Crippen molar-refractivity contribution < 1.29 is 9.53 Å². The van der Waals surface area contributed by atoms with E-state index < -0.39 is 0 Å². The predicted molar refractivity (Wildman–Crippen MR) is 98.3 cm³/mol. The van der Waals surface area contributed by atoms with Gasteiger partial charge in [0.25, 0.3) is 5.91 Å². The van der Waals surface area contributed by atoms with Crippen LogP contribution in [0.1, 0.15) is 29.2 Å². The van der Waals surface area contributed by atoms with E-state index in [4.69, 9.17) is 4.74 Å². The quantitative estimate of drug-likeness (QED) is 0.802. The number of amides is 1. The molecule has 0 saturated carbocycles. The topological polar surface area (TPSA) is 38.3 Å². The van der Waals surface area contributed by atoms with Crippen LogP contribution in [0, 0.1) is 20.8 Å². The van der Waals surface area contributed by atoms with E-state index in [0.29, 0.717) is 5.75 Å². The zero-order chi connectivity index (χ0) is 17.0. The van der Waals surface area contributed by atoms with Gasteiger partial charge >= 0.3 is 0 Å². The second-order valence-electron chi connectivity index (χ2n) is 5.67. The van der Waals surface area contributed by atoms with Gasteiger partial charge in [-0.15, -0.1) is 0 Å². The number of aryl methyl sites for hydroxylation is 4. The first-order chi connectivity index (χ1) is 10.9. The molecule has 0 aromatic heterocycles. The van der Waals surface area contributed by atoms with Crippen molar-refractivity contribution in [3.63, 3.8) is 0 Å². The average Bonchev–Trinajstić information content (AvgIpc) is 2.52. The lowest BCUT2D eigenvalue weighted by Crippen LogP contribution is -2.21. The van der Waals surface area contributed by atoms with Crippen LogP contribution in [-0.2, 0) is 11.2 Å². The van der Waals surface area contributed by atoms with Crippen molar-refractivity contribution in [2.75, 3.05) is 11.9 Å². The van der Waals surface area contributed by atoms with E-state index in [1.54, 1.807) is 0 Å². The highest BCUT2D eigenvalue weighted by atomic mass is 79.9. The minimum Gasteiger partial charge on any atom is -0.484 e. The molecule has 1 amide bonds. The summed E-state index contributed by atoms with van der Waals surface area (Å²) < 4.78 is 6.71. The van der Waals surface area contributed by atoms with E-state index >= 15 is 0 Å². The van der Waals surface area contributed by atoms with Gasteiger partial charge in [0.2, 0.25) is 0 Å². The third-order valence-corrected chi connectivity index (χ3v) is 5.04. The number of carbonyl (C=O) groups excluding carboxylic acids is 1. The van der Waals surface area contributed by atoms with Gasteiger partial charge in [-0.3, -0.25) is 4.79 Å². The second kappa shape index (κ2) is 7.64. The summed E-state index contributed by atoms with van der Waals surface area (Å²) in [5, 5.41) is 2.97. The number of nitrogens with one attached hydrogen (secondary N) is 1.